The van der Waals surface area contributed by atoms with Crippen molar-refractivity contribution >= 4 is 16.2 Å². The zero-order chi connectivity index (χ0) is 20.4. The van der Waals surface area contributed by atoms with E-state index in [0.29, 0.717) is 4.31 Å². The maximum atomic E-state index is 11.9. The van der Waals surface area contributed by atoms with Crippen LogP contribution in [0, 0.1) is 0 Å². The second-order valence-corrected chi connectivity index (χ2v) is 8.70. The zero-order valence-electron chi connectivity index (χ0n) is 19.7. The number of hydrogen-bond donors (Lipinski definition) is 0. The fourth-order valence-corrected chi connectivity index (χ4v) is 3.65. The van der Waals surface area contributed by atoms with Gasteiger partial charge in [-0.1, -0.05) is 70.4 Å². The minimum atomic E-state index is -3.90. The Bertz CT molecular complexity index is 501. The molecule has 0 saturated carbocycles. The summed E-state index contributed by atoms with van der Waals surface area (Å²) in [7, 11) is -2.65. The van der Waals surface area contributed by atoms with E-state index in [1.165, 1.54) is 58.4 Å². The van der Waals surface area contributed by atoms with Gasteiger partial charge in [0.25, 0.3) is 0 Å². The first-order valence-electron chi connectivity index (χ1n) is 10.8. The first-order chi connectivity index (χ1) is 13.0. The van der Waals surface area contributed by atoms with E-state index in [-0.39, 0.29) is 44.0 Å². The number of unbranched alkanes of at least 4 members (excludes halogenated alkanes) is 11. The first kappa shape index (κ1) is 30.3. The van der Waals surface area contributed by atoms with Crippen LogP contribution in [0.1, 0.15) is 105 Å². The van der Waals surface area contributed by atoms with Crippen LogP contribution in [0.2, 0.25) is 0 Å². The van der Waals surface area contributed by atoms with Crippen molar-refractivity contribution in [3.8, 4) is 0 Å². The van der Waals surface area contributed by atoms with Crippen LogP contribution in [0.4, 0.5) is 0 Å². The van der Waals surface area contributed by atoms with Crippen molar-refractivity contribution in [3.05, 3.63) is 12.2 Å². The maximum Gasteiger partial charge on any atom is 1.00 e. The van der Waals surface area contributed by atoms with Gasteiger partial charge >= 0.3 is 39.9 Å². The molecule has 0 aromatic heterocycles. The maximum absolute atomic E-state index is 11.9. The van der Waals surface area contributed by atoms with Crippen LogP contribution >= 0.6 is 0 Å². The van der Waals surface area contributed by atoms with Crippen molar-refractivity contribution in [3.63, 3.8) is 0 Å². The van der Waals surface area contributed by atoms with Crippen LogP contribution in [0.3, 0.4) is 0 Å². The number of nitrogens with zero attached hydrogens (tertiary/aromatic N) is 1. The molecule has 0 aliphatic heterocycles. The average Bonchev–Trinajstić information content (AvgIpc) is 2.64. The van der Waals surface area contributed by atoms with Gasteiger partial charge in [0.1, 0.15) is 0 Å². The Morgan fingerprint density at radius 2 is 1.32 bits per heavy atom. The van der Waals surface area contributed by atoms with Crippen molar-refractivity contribution in [2.75, 3.05) is 13.7 Å². The minimum absolute atomic E-state index is 0. The molecular formula is C21H42NNaO4S. The van der Waals surface area contributed by atoms with Gasteiger partial charge in [0.2, 0.25) is 5.91 Å². The predicted octanol–water partition coefficient (Wildman–Crippen LogP) is 2.88. The molecule has 0 rings (SSSR count). The normalized spacial score (nSPS) is 11.5. The van der Waals surface area contributed by atoms with Gasteiger partial charge in [-0.2, -0.15) is 8.42 Å². The van der Waals surface area contributed by atoms with Crippen LogP contribution in [0.15, 0.2) is 12.2 Å². The molecule has 0 aliphatic rings. The molecule has 162 valence electrons. The summed E-state index contributed by atoms with van der Waals surface area (Å²) in [6.45, 7) is 3.87. The predicted molar refractivity (Wildman–Crippen MR) is 114 cm³/mol. The largest absolute Gasteiger partial charge is 1.00 e. The summed E-state index contributed by atoms with van der Waals surface area (Å²) in [5, 5.41) is 0. The Balaban J connectivity index is -0.00000338. The van der Waals surface area contributed by atoms with E-state index in [9.17, 15) is 13.2 Å². The summed E-state index contributed by atoms with van der Waals surface area (Å²) in [5.74, 6) is -0.402. The van der Waals surface area contributed by atoms with Crippen LogP contribution in [-0.4, -0.2) is 32.3 Å². The molecule has 0 fully saturated rings. The van der Waals surface area contributed by atoms with E-state index in [1.54, 1.807) is 6.92 Å². The molecule has 0 heterocycles. The van der Waals surface area contributed by atoms with Crippen molar-refractivity contribution in [1.29, 1.82) is 0 Å². The number of hydrogen-bond acceptors (Lipinski definition) is 4. The Morgan fingerprint density at radius 3 is 1.82 bits per heavy atom. The summed E-state index contributed by atoms with van der Waals surface area (Å²) in [6, 6.07) is 0. The summed E-state index contributed by atoms with van der Waals surface area (Å²) in [4.78, 5) is 11.9. The second kappa shape index (κ2) is 20.4. The monoisotopic (exact) mass is 427 g/mol. The van der Waals surface area contributed by atoms with Crippen molar-refractivity contribution < 1.29 is 48.4 Å². The van der Waals surface area contributed by atoms with E-state index in [2.05, 4.69) is 23.3 Å². The Labute approximate surface area is 197 Å². The Hall–Kier alpha value is 0.120. The molecule has 0 aromatic carbocycles. The fraction of sp³-hybridized carbons (Fsp3) is 0.857. The smallest absolute Gasteiger partial charge is 1.00 e. The van der Waals surface area contributed by atoms with Gasteiger partial charge in [-0.05, 0) is 39.0 Å². The summed E-state index contributed by atoms with van der Waals surface area (Å²) < 4.78 is 28.5. The Kier molecular flexibility index (Phi) is 22.1. The van der Waals surface area contributed by atoms with Gasteiger partial charge in [0, 0.05) is 13.5 Å². The summed E-state index contributed by atoms with van der Waals surface area (Å²) in [6.07, 6.45) is 20.4. The number of allylic oxidation sites excluding steroid dienone is 2. The van der Waals surface area contributed by atoms with Gasteiger partial charge in [-0.3, -0.25) is 8.98 Å². The third-order valence-electron chi connectivity index (χ3n) is 4.61. The standard InChI is InChI=1S/C21H41NO4S.Na.H/c1-4-6-7-8-9-10-11-12-13-14-15-16-17-18-19-20-21(23)22(3)27(24,25)26-5-2;;/h12-13H,4-11,14-20H2,1-3H3;;/q;+1;-1. The minimum Gasteiger partial charge on any atom is -1.00 e. The van der Waals surface area contributed by atoms with E-state index < -0.39 is 16.2 Å². The fourth-order valence-electron chi connectivity index (χ4n) is 2.86. The van der Waals surface area contributed by atoms with Gasteiger partial charge in [-0.25, -0.2) is 4.31 Å². The van der Waals surface area contributed by atoms with Gasteiger partial charge in [0.15, 0.2) is 0 Å². The topological polar surface area (TPSA) is 63.7 Å². The molecule has 0 saturated heterocycles. The molecule has 0 spiro atoms. The van der Waals surface area contributed by atoms with Crippen LogP contribution in [-0.2, 0) is 19.3 Å². The number of carbonyl (C=O) groups excluding carboxylic acids is 1. The molecule has 5 nitrogen and oxygen atoms in total. The molecule has 0 aliphatic carbocycles. The number of amides is 1. The van der Waals surface area contributed by atoms with Gasteiger partial charge in [-0.15, -0.1) is 0 Å². The molecule has 0 bridgehead atoms. The third kappa shape index (κ3) is 17.0. The Morgan fingerprint density at radius 1 is 0.857 bits per heavy atom. The molecule has 0 N–H and O–H groups in total. The molecule has 7 heteroatoms. The number of rotatable bonds is 18. The van der Waals surface area contributed by atoms with Crippen LogP contribution in [0.25, 0.3) is 0 Å². The molecule has 0 atom stereocenters. The van der Waals surface area contributed by atoms with Crippen LogP contribution < -0.4 is 29.6 Å². The third-order valence-corrected chi connectivity index (χ3v) is 6.01. The molecular weight excluding hydrogens is 385 g/mol. The first-order valence-corrected chi connectivity index (χ1v) is 12.1. The molecule has 0 radical (unpaired) electrons. The summed E-state index contributed by atoms with van der Waals surface area (Å²) >= 11 is 0. The molecule has 0 unspecified atom stereocenters. The molecule has 1 amide bonds. The van der Waals surface area contributed by atoms with E-state index in [4.69, 9.17) is 0 Å². The second-order valence-electron chi connectivity index (χ2n) is 7.06. The van der Waals surface area contributed by atoms with Crippen molar-refractivity contribution in [2.45, 2.75) is 104 Å². The summed E-state index contributed by atoms with van der Waals surface area (Å²) in [5.41, 5.74) is 0. The van der Waals surface area contributed by atoms with Crippen molar-refractivity contribution in [2.24, 2.45) is 0 Å². The van der Waals surface area contributed by atoms with Gasteiger partial charge < -0.3 is 1.43 Å². The zero-order valence-corrected chi connectivity index (χ0v) is 21.6. The number of carbonyl (C=O) groups is 1. The van der Waals surface area contributed by atoms with Gasteiger partial charge in [0.05, 0.1) is 6.61 Å². The molecule has 28 heavy (non-hydrogen) atoms. The molecule has 0 aromatic rings. The van der Waals surface area contributed by atoms with Crippen LogP contribution in [0.5, 0.6) is 0 Å². The quantitative estimate of drug-likeness (QED) is 0.192. The van der Waals surface area contributed by atoms with Crippen molar-refractivity contribution in [1.82, 2.24) is 4.31 Å². The van der Waals surface area contributed by atoms with E-state index >= 15 is 0 Å². The SMILES string of the molecule is CCCCCCCCC=CCCCCCCCC(=O)N(C)S(=O)(=O)OCC.[H-].[Na+]. The van der Waals surface area contributed by atoms with E-state index in [1.807, 2.05) is 0 Å². The van der Waals surface area contributed by atoms with E-state index in [0.717, 1.165) is 32.1 Å². The average molecular weight is 428 g/mol.